The predicted octanol–water partition coefficient (Wildman–Crippen LogP) is 1.91. The van der Waals surface area contributed by atoms with Crippen LogP contribution < -0.4 is 0 Å². The Labute approximate surface area is 132 Å². The number of nitrogens with zero attached hydrogens (tertiary/aromatic N) is 2. The van der Waals surface area contributed by atoms with Crippen molar-refractivity contribution in [2.45, 2.75) is 11.4 Å². The number of amides is 1. The number of benzene rings is 1. The van der Waals surface area contributed by atoms with Gasteiger partial charge in [0, 0.05) is 12.0 Å². The molecule has 0 aromatic heterocycles. The Hall–Kier alpha value is -2.34. The monoisotopic (exact) mass is 314 g/mol. The predicted molar refractivity (Wildman–Crippen MR) is 85.8 cm³/mol. The van der Waals surface area contributed by atoms with Crippen molar-refractivity contribution < 1.29 is 14.7 Å². The molecule has 1 unspecified atom stereocenters. The summed E-state index contributed by atoms with van der Waals surface area (Å²) in [5, 5.41) is 9.08. The van der Waals surface area contributed by atoms with E-state index in [0.29, 0.717) is 11.3 Å². The molecule has 112 valence electrons. The van der Waals surface area contributed by atoms with Crippen LogP contribution in [0.5, 0.6) is 0 Å². The van der Waals surface area contributed by atoms with Gasteiger partial charge in [-0.1, -0.05) is 43.0 Å². The zero-order chi connectivity index (χ0) is 15.7. The number of rotatable bonds is 4. The third-order valence-electron chi connectivity index (χ3n) is 3.60. The van der Waals surface area contributed by atoms with Crippen LogP contribution in [-0.4, -0.2) is 45.3 Å². The van der Waals surface area contributed by atoms with Crippen molar-refractivity contribution in [2.75, 3.05) is 5.75 Å². The molecule has 0 spiro atoms. The number of hydrogen-bond acceptors (Lipinski definition) is 4. The summed E-state index contributed by atoms with van der Waals surface area (Å²) in [5.74, 6) is -0.850. The average Bonchev–Trinajstić information content (AvgIpc) is 2.54. The molecule has 3 rings (SSSR count). The van der Waals surface area contributed by atoms with Gasteiger partial charge in [0.1, 0.15) is 11.1 Å². The normalized spacial score (nSPS) is 24.2. The minimum absolute atomic E-state index is 0.0370. The Balaban J connectivity index is 1.82. The van der Waals surface area contributed by atoms with Crippen LogP contribution in [0.1, 0.15) is 5.56 Å². The Morgan fingerprint density at radius 3 is 2.77 bits per heavy atom. The third-order valence-corrected chi connectivity index (χ3v) is 4.89. The lowest BCUT2D eigenvalue weighted by molar-refractivity contribution is -0.147. The Morgan fingerprint density at radius 2 is 2.14 bits per heavy atom. The van der Waals surface area contributed by atoms with E-state index in [4.69, 9.17) is 0 Å². The van der Waals surface area contributed by atoms with Crippen LogP contribution in [0, 0.1) is 0 Å². The minimum atomic E-state index is -1.10. The zero-order valence-electron chi connectivity index (χ0n) is 11.7. The molecule has 0 aliphatic carbocycles. The summed E-state index contributed by atoms with van der Waals surface area (Å²) in [7, 11) is 0. The first-order valence-corrected chi connectivity index (χ1v) is 7.80. The Bertz CT molecular complexity index is 697. The van der Waals surface area contributed by atoms with Gasteiger partial charge in [-0.3, -0.25) is 14.7 Å². The Morgan fingerprint density at radius 1 is 1.41 bits per heavy atom. The van der Waals surface area contributed by atoms with Crippen LogP contribution in [0.15, 0.2) is 59.2 Å². The smallest absolute Gasteiger partial charge is 0.352 e. The summed E-state index contributed by atoms with van der Waals surface area (Å²) >= 11 is 1.51. The number of carbonyl (C=O) groups excluding carboxylic acids is 1. The summed E-state index contributed by atoms with van der Waals surface area (Å²) in [6, 6.07) is 8.98. The molecule has 2 aliphatic heterocycles. The second-order valence-corrected chi connectivity index (χ2v) is 6.03. The summed E-state index contributed by atoms with van der Waals surface area (Å²) in [5.41, 5.74) is 1.53. The molecule has 6 heteroatoms. The van der Waals surface area contributed by atoms with Crippen LogP contribution >= 0.6 is 11.8 Å². The molecular weight excluding hydrogens is 300 g/mol. The molecule has 1 fully saturated rings. The summed E-state index contributed by atoms with van der Waals surface area (Å²) in [6.07, 6.45) is 3.16. The second-order valence-electron chi connectivity index (χ2n) is 4.93. The number of fused-ring (bicyclic) bond motifs is 1. The molecule has 0 radical (unpaired) electrons. The number of carboxylic acids is 1. The van der Waals surface area contributed by atoms with Gasteiger partial charge in [-0.2, -0.15) is 0 Å². The molecule has 1 saturated heterocycles. The molecule has 2 aliphatic rings. The van der Waals surface area contributed by atoms with Gasteiger partial charge >= 0.3 is 5.97 Å². The van der Waals surface area contributed by atoms with Crippen LogP contribution in [0.3, 0.4) is 0 Å². The van der Waals surface area contributed by atoms with E-state index in [1.54, 1.807) is 6.21 Å². The van der Waals surface area contributed by atoms with E-state index < -0.39 is 12.0 Å². The average molecular weight is 314 g/mol. The van der Waals surface area contributed by atoms with Crippen molar-refractivity contribution in [1.29, 1.82) is 0 Å². The van der Waals surface area contributed by atoms with Gasteiger partial charge in [-0.05, 0) is 11.1 Å². The first-order valence-electron chi connectivity index (χ1n) is 6.75. The lowest BCUT2D eigenvalue weighted by Gasteiger charge is -2.47. The molecule has 0 bridgehead atoms. The number of carbonyl (C=O) groups is 2. The lowest BCUT2D eigenvalue weighted by Crippen LogP contribution is -2.64. The van der Waals surface area contributed by atoms with Crippen LogP contribution in [0.4, 0.5) is 0 Å². The van der Waals surface area contributed by atoms with Gasteiger partial charge in [0.15, 0.2) is 6.04 Å². The largest absolute Gasteiger partial charge is 0.477 e. The van der Waals surface area contributed by atoms with Gasteiger partial charge in [-0.25, -0.2) is 4.79 Å². The molecule has 1 aromatic carbocycles. The maximum atomic E-state index is 12.3. The lowest BCUT2D eigenvalue weighted by atomic mass is 10.0. The van der Waals surface area contributed by atoms with E-state index >= 15 is 0 Å². The molecule has 22 heavy (non-hydrogen) atoms. The van der Waals surface area contributed by atoms with Crippen molar-refractivity contribution in [3.8, 4) is 0 Å². The number of thioether (sulfide) groups is 1. The zero-order valence-corrected chi connectivity index (χ0v) is 12.5. The van der Waals surface area contributed by atoms with E-state index in [9.17, 15) is 14.7 Å². The van der Waals surface area contributed by atoms with Gasteiger partial charge in [0.2, 0.25) is 0 Å². The Kier molecular flexibility index (Phi) is 3.85. The fraction of sp³-hybridized carbons (Fsp3) is 0.188. The number of aliphatic carboxylic acids is 1. The highest BCUT2D eigenvalue weighted by Crippen LogP contribution is 2.41. The molecule has 1 N–H and O–H groups in total. The number of β-lactam (4-membered cyclic amide) rings is 1. The van der Waals surface area contributed by atoms with E-state index in [2.05, 4.69) is 11.6 Å². The van der Waals surface area contributed by atoms with Gasteiger partial charge in [0.05, 0.1) is 0 Å². The molecule has 1 amide bonds. The fourth-order valence-electron chi connectivity index (χ4n) is 2.49. The third kappa shape index (κ3) is 2.35. The van der Waals surface area contributed by atoms with Gasteiger partial charge < -0.3 is 5.11 Å². The number of carboxylic acid groups (broad SMARTS) is 1. The summed E-state index contributed by atoms with van der Waals surface area (Å²) < 4.78 is 0. The second kappa shape index (κ2) is 5.81. The first-order chi connectivity index (χ1) is 10.6. The highest BCUT2D eigenvalue weighted by molar-refractivity contribution is 8.00. The number of allylic oxidation sites excluding steroid dienone is 1. The fourth-order valence-corrected chi connectivity index (χ4v) is 3.82. The summed E-state index contributed by atoms with van der Waals surface area (Å²) in [6.45, 7) is 3.62. The quantitative estimate of drug-likeness (QED) is 0.681. The van der Waals surface area contributed by atoms with Crippen LogP contribution in [-0.2, 0) is 9.59 Å². The maximum absolute atomic E-state index is 12.3. The van der Waals surface area contributed by atoms with Crippen molar-refractivity contribution in [1.82, 2.24) is 4.90 Å². The van der Waals surface area contributed by atoms with Crippen molar-refractivity contribution in [3.63, 3.8) is 0 Å². The topological polar surface area (TPSA) is 70.0 Å². The van der Waals surface area contributed by atoms with Crippen molar-refractivity contribution in [2.24, 2.45) is 4.99 Å². The highest BCUT2D eigenvalue weighted by Gasteiger charge is 2.53. The highest BCUT2D eigenvalue weighted by atomic mass is 32.2. The SMILES string of the molecule is C=CC1=C(C(=O)O)N2C(=O)C(/N=C/c3ccccc3)[C@H]2SC1. The number of hydrogen-bond donors (Lipinski definition) is 1. The van der Waals surface area contributed by atoms with Gasteiger partial charge in [-0.15, -0.1) is 11.8 Å². The van der Waals surface area contributed by atoms with Crippen LogP contribution in [0.25, 0.3) is 0 Å². The molecule has 2 heterocycles. The minimum Gasteiger partial charge on any atom is -0.477 e. The van der Waals surface area contributed by atoms with E-state index in [1.807, 2.05) is 30.3 Å². The maximum Gasteiger partial charge on any atom is 0.352 e. The molecule has 2 atom stereocenters. The van der Waals surface area contributed by atoms with E-state index in [0.717, 1.165) is 5.56 Å². The van der Waals surface area contributed by atoms with Crippen LogP contribution in [0.2, 0.25) is 0 Å². The van der Waals surface area contributed by atoms with Crippen molar-refractivity contribution in [3.05, 3.63) is 59.8 Å². The van der Waals surface area contributed by atoms with Crippen molar-refractivity contribution >= 4 is 29.9 Å². The molecule has 5 nitrogen and oxygen atoms in total. The summed E-state index contributed by atoms with van der Waals surface area (Å²) in [4.78, 5) is 29.3. The van der Waals surface area contributed by atoms with E-state index in [-0.39, 0.29) is 17.0 Å². The first kappa shape index (κ1) is 14.6. The molecule has 0 saturated carbocycles. The standard InChI is InChI=1S/C16H14N2O3S/c1-2-11-9-22-15-12(14(19)18(15)13(11)16(20)21)17-8-10-6-4-3-5-7-10/h2-8,12,15H,1,9H2,(H,20,21)/b17-8+/t12?,15-/m1/s1. The van der Waals surface area contributed by atoms with Gasteiger partial charge in [0.25, 0.3) is 5.91 Å². The van der Waals surface area contributed by atoms with E-state index in [1.165, 1.54) is 22.7 Å². The number of aliphatic imine (C=N–C) groups is 1. The molecule has 1 aromatic rings. The molecular formula is C16H14N2O3S.